The first-order chi connectivity index (χ1) is 9.49. The van der Waals surface area contributed by atoms with E-state index in [2.05, 4.69) is 53.2 Å². The van der Waals surface area contributed by atoms with Gasteiger partial charge < -0.3 is 5.32 Å². The zero-order valence-corrected chi connectivity index (χ0v) is 14.2. The fourth-order valence-corrected chi connectivity index (χ4v) is 2.46. The van der Waals surface area contributed by atoms with Crippen LogP contribution in [0.2, 0.25) is 0 Å². The number of hydrogen-bond acceptors (Lipinski definition) is 4. The van der Waals surface area contributed by atoms with Crippen LogP contribution in [0.4, 0.5) is 11.5 Å². The highest BCUT2D eigenvalue weighted by molar-refractivity contribution is 9.10. The lowest BCUT2D eigenvalue weighted by Crippen LogP contribution is -2.02. The van der Waals surface area contributed by atoms with Crippen LogP contribution in [-0.2, 0) is 0 Å². The average molecular weight is 396 g/mol. The molecule has 0 unspecified atom stereocenters. The van der Waals surface area contributed by atoms with Gasteiger partial charge >= 0.3 is 0 Å². The minimum Gasteiger partial charge on any atom is -0.339 e. The van der Waals surface area contributed by atoms with E-state index < -0.39 is 0 Å². The van der Waals surface area contributed by atoms with E-state index in [0.29, 0.717) is 11.4 Å². The van der Waals surface area contributed by atoms with Gasteiger partial charge in [0.2, 0.25) is 0 Å². The standard InChI is InChI=1S/C14H12Br2N4/c1-8(2)14-19-12(16)6-13(20-14)18-11-4-3-9(7-17)5-10(11)15/h3-6,8H,1-2H3,(H,18,19,20). The Balaban J connectivity index is 2.33. The van der Waals surface area contributed by atoms with Crippen molar-refractivity contribution in [1.29, 1.82) is 5.26 Å². The lowest BCUT2D eigenvalue weighted by Gasteiger charge is -2.11. The summed E-state index contributed by atoms with van der Waals surface area (Å²) in [5.74, 6) is 1.73. The number of nitriles is 1. The van der Waals surface area contributed by atoms with E-state index in [9.17, 15) is 0 Å². The quantitative estimate of drug-likeness (QED) is 0.762. The largest absolute Gasteiger partial charge is 0.339 e. The predicted octanol–water partition coefficient (Wildman–Crippen LogP) is 4.74. The van der Waals surface area contributed by atoms with Gasteiger partial charge in [-0.05, 0) is 50.1 Å². The number of rotatable bonds is 3. The Bertz CT molecular complexity index is 677. The fraction of sp³-hybridized carbons (Fsp3) is 0.214. The molecule has 2 aromatic rings. The first kappa shape index (κ1) is 14.9. The second-order valence-corrected chi connectivity index (χ2v) is 6.19. The lowest BCUT2D eigenvalue weighted by atomic mass is 10.2. The van der Waals surface area contributed by atoms with Gasteiger partial charge in [0.05, 0.1) is 17.3 Å². The van der Waals surface area contributed by atoms with E-state index in [1.54, 1.807) is 12.1 Å². The molecular formula is C14H12Br2N4. The van der Waals surface area contributed by atoms with E-state index in [1.807, 2.05) is 26.0 Å². The smallest absolute Gasteiger partial charge is 0.135 e. The van der Waals surface area contributed by atoms with Crippen molar-refractivity contribution in [3.8, 4) is 6.07 Å². The van der Waals surface area contributed by atoms with E-state index in [4.69, 9.17) is 5.26 Å². The molecular weight excluding hydrogens is 384 g/mol. The number of anilines is 2. The maximum Gasteiger partial charge on any atom is 0.135 e. The molecule has 0 amide bonds. The summed E-state index contributed by atoms with van der Waals surface area (Å²) in [5.41, 5.74) is 1.46. The van der Waals surface area contributed by atoms with Crippen molar-refractivity contribution >= 4 is 43.4 Å². The fourth-order valence-electron chi connectivity index (χ4n) is 1.58. The van der Waals surface area contributed by atoms with E-state index in [-0.39, 0.29) is 5.92 Å². The molecule has 6 heteroatoms. The van der Waals surface area contributed by atoms with E-state index in [1.165, 1.54) is 0 Å². The highest BCUT2D eigenvalue weighted by Gasteiger charge is 2.08. The van der Waals surface area contributed by atoms with Gasteiger partial charge in [0.25, 0.3) is 0 Å². The summed E-state index contributed by atoms with van der Waals surface area (Å²) in [6.45, 7) is 4.09. The molecule has 0 saturated carbocycles. The number of nitrogens with zero attached hydrogens (tertiary/aromatic N) is 3. The van der Waals surface area contributed by atoms with E-state index in [0.717, 1.165) is 20.6 Å². The molecule has 4 nitrogen and oxygen atoms in total. The Kier molecular flexibility index (Phi) is 4.73. The maximum atomic E-state index is 8.86. The van der Waals surface area contributed by atoms with Crippen molar-refractivity contribution < 1.29 is 0 Å². The summed E-state index contributed by atoms with van der Waals surface area (Å²) >= 11 is 6.83. The Morgan fingerprint density at radius 1 is 1.20 bits per heavy atom. The molecule has 0 saturated heterocycles. The second kappa shape index (κ2) is 6.33. The number of benzene rings is 1. The Morgan fingerprint density at radius 3 is 2.55 bits per heavy atom. The van der Waals surface area contributed by atoms with Gasteiger partial charge in [0, 0.05) is 16.5 Å². The molecule has 0 radical (unpaired) electrons. The minimum absolute atomic E-state index is 0.248. The Morgan fingerprint density at radius 2 is 1.95 bits per heavy atom. The molecule has 0 aliphatic heterocycles. The first-order valence-electron chi connectivity index (χ1n) is 6.00. The topological polar surface area (TPSA) is 61.6 Å². The highest BCUT2D eigenvalue weighted by atomic mass is 79.9. The van der Waals surface area contributed by atoms with Gasteiger partial charge in [-0.25, -0.2) is 9.97 Å². The zero-order chi connectivity index (χ0) is 14.7. The molecule has 0 fully saturated rings. The Labute approximate surface area is 134 Å². The monoisotopic (exact) mass is 394 g/mol. The summed E-state index contributed by atoms with van der Waals surface area (Å²) < 4.78 is 1.56. The molecule has 20 heavy (non-hydrogen) atoms. The van der Waals surface area contributed by atoms with Gasteiger partial charge in [-0.3, -0.25) is 0 Å². The minimum atomic E-state index is 0.248. The van der Waals surface area contributed by atoms with Gasteiger partial charge in [-0.1, -0.05) is 13.8 Å². The lowest BCUT2D eigenvalue weighted by molar-refractivity contribution is 0.771. The molecule has 0 aliphatic rings. The third kappa shape index (κ3) is 3.56. The first-order valence-corrected chi connectivity index (χ1v) is 7.59. The van der Waals surface area contributed by atoms with Crippen LogP contribution < -0.4 is 5.32 Å². The molecule has 1 aromatic carbocycles. The number of aromatic nitrogens is 2. The SMILES string of the molecule is CC(C)c1nc(Br)cc(Nc2ccc(C#N)cc2Br)n1. The normalized spacial score (nSPS) is 10.4. The number of hydrogen-bond donors (Lipinski definition) is 1. The van der Waals surface area contributed by atoms with Crippen LogP contribution in [-0.4, -0.2) is 9.97 Å². The van der Waals surface area contributed by atoms with Gasteiger partial charge in [0.15, 0.2) is 0 Å². The predicted molar refractivity (Wildman–Crippen MR) is 86.0 cm³/mol. The third-order valence-electron chi connectivity index (χ3n) is 2.59. The van der Waals surface area contributed by atoms with Crippen LogP contribution in [0.1, 0.15) is 31.2 Å². The van der Waals surface area contributed by atoms with Crippen LogP contribution >= 0.6 is 31.9 Å². The van der Waals surface area contributed by atoms with Crippen molar-refractivity contribution in [2.75, 3.05) is 5.32 Å². The maximum absolute atomic E-state index is 8.86. The summed E-state index contributed by atoms with van der Waals surface area (Å²) in [4.78, 5) is 8.81. The molecule has 0 atom stereocenters. The van der Waals surface area contributed by atoms with Gasteiger partial charge in [0.1, 0.15) is 16.2 Å². The summed E-state index contributed by atoms with van der Waals surface area (Å²) in [5, 5.41) is 12.1. The zero-order valence-electron chi connectivity index (χ0n) is 11.0. The summed E-state index contributed by atoms with van der Waals surface area (Å²) in [6.07, 6.45) is 0. The van der Waals surface area contributed by atoms with Gasteiger partial charge in [-0.15, -0.1) is 0 Å². The molecule has 1 N–H and O–H groups in total. The molecule has 102 valence electrons. The van der Waals surface area contributed by atoms with Crippen LogP contribution in [0.15, 0.2) is 33.3 Å². The van der Waals surface area contributed by atoms with Gasteiger partial charge in [-0.2, -0.15) is 5.26 Å². The summed E-state index contributed by atoms with van der Waals surface area (Å²) in [6, 6.07) is 9.28. The molecule has 1 aromatic heterocycles. The molecule has 0 aliphatic carbocycles. The van der Waals surface area contributed by atoms with Crippen molar-refractivity contribution in [2.45, 2.75) is 19.8 Å². The average Bonchev–Trinajstić information content (AvgIpc) is 2.40. The molecule has 1 heterocycles. The van der Waals surface area contributed by atoms with Crippen LogP contribution in [0, 0.1) is 11.3 Å². The molecule has 0 bridgehead atoms. The molecule has 2 rings (SSSR count). The molecule has 0 spiro atoms. The second-order valence-electron chi connectivity index (χ2n) is 4.52. The summed E-state index contributed by atoms with van der Waals surface area (Å²) in [7, 11) is 0. The van der Waals surface area contributed by atoms with Crippen LogP contribution in [0.3, 0.4) is 0 Å². The third-order valence-corrected chi connectivity index (χ3v) is 3.65. The van der Waals surface area contributed by atoms with Crippen molar-refractivity contribution in [1.82, 2.24) is 9.97 Å². The van der Waals surface area contributed by atoms with Crippen LogP contribution in [0.25, 0.3) is 0 Å². The van der Waals surface area contributed by atoms with Crippen LogP contribution in [0.5, 0.6) is 0 Å². The van der Waals surface area contributed by atoms with Crippen molar-refractivity contribution in [3.63, 3.8) is 0 Å². The van der Waals surface area contributed by atoms with Crippen molar-refractivity contribution in [3.05, 3.63) is 44.7 Å². The number of halogens is 2. The highest BCUT2D eigenvalue weighted by Crippen LogP contribution is 2.27. The Hall–Kier alpha value is -1.45. The van der Waals surface area contributed by atoms with Crippen molar-refractivity contribution in [2.24, 2.45) is 0 Å². The van der Waals surface area contributed by atoms with E-state index >= 15 is 0 Å². The number of nitrogens with one attached hydrogen (secondary N) is 1.